The number of carbonyl (C=O) groups is 1. The molecule has 1 amide bonds. The summed E-state index contributed by atoms with van der Waals surface area (Å²) in [7, 11) is 3.28. The molecule has 0 spiro atoms. The third-order valence-electron chi connectivity index (χ3n) is 5.38. The molecule has 0 aliphatic carbocycles. The number of hydrogen-bond acceptors (Lipinski definition) is 5. The Kier molecular flexibility index (Phi) is 5.36. The number of amides is 1. The zero-order valence-corrected chi connectivity index (χ0v) is 16.9. The molecule has 1 fully saturated rings. The molecule has 0 radical (unpaired) electrons. The number of benzene rings is 2. The number of ether oxygens (including phenoxy) is 2. The molecule has 6 heteroatoms. The summed E-state index contributed by atoms with van der Waals surface area (Å²) in [5.74, 6) is 1.49. The van der Waals surface area contributed by atoms with Crippen molar-refractivity contribution in [3.63, 3.8) is 0 Å². The molecule has 1 atom stereocenters. The Morgan fingerprint density at radius 2 is 1.97 bits per heavy atom. The average molecular weight is 391 g/mol. The second kappa shape index (κ2) is 8.09. The monoisotopic (exact) mass is 391 g/mol. The van der Waals surface area contributed by atoms with Gasteiger partial charge in [0.05, 0.1) is 31.3 Å². The Morgan fingerprint density at radius 3 is 2.76 bits per heavy atom. The molecule has 1 aromatic heterocycles. The lowest BCUT2D eigenvalue weighted by Crippen LogP contribution is -2.48. The van der Waals surface area contributed by atoms with E-state index in [1.54, 1.807) is 14.2 Å². The molecule has 1 aliphatic heterocycles. The van der Waals surface area contributed by atoms with Crippen LogP contribution in [0, 0.1) is 6.92 Å². The van der Waals surface area contributed by atoms with Crippen LogP contribution < -0.4 is 14.8 Å². The van der Waals surface area contributed by atoms with Crippen LogP contribution in [-0.2, 0) is 0 Å². The fourth-order valence-electron chi connectivity index (χ4n) is 3.96. The summed E-state index contributed by atoms with van der Waals surface area (Å²) in [5, 5.41) is 4.21. The van der Waals surface area contributed by atoms with Crippen molar-refractivity contribution >= 4 is 16.8 Å². The number of aryl methyl sites for hydroxylation is 1. The number of piperazine rings is 1. The van der Waals surface area contributed by atoms with Crippen LogP contribution in [0.2, 0.25) is 0 Å². The van der Waals surface area contributed by atoms with E-state index in [9.17, 15) is 4.79 Å². The van der Waals surface area contributed by atoms with Gasteiger partial charge in [-0.15, -0.1) is 0 Å². The summed E-state index contributed by atoms with van der Waals surface area (Å²) in [5.41, 5.74) is 3.25. The largest absolute Gasteiger partial charge is 0.497 e. The molecule has 150 valence electrons. The van der Waals surface area contributed by atoms with Gasteiger partial charge in [0.15, 0.2) is 0 Å². The molecule has 29 heavy (non-hydrogen) atoms. The lowest BCUT2D eigenvalue weighted by atomic mass is 9.99. The quantitative estimate of drug-likeness (QED) is 0.739. The molecular weight excluding hydrogens is 366 g/mol. The molecule has 3 aromatic rings. The smallest absolute Gasteiger partial charge is 0.255 e. The van der Waals surface area contributed by atoms with Gasteiger partial charge in [-0.1, -0.05) is 18.2 Å². The van der Waals surface area contributed by atoms with E-state index in [1.165, 1.54) is 0 Å². The first-order valence-electron chi connectivity index (χ1n) is 9.72. The Bertz CT molecular complexity index is 1050. The first kappa shape index (κ1) is 19.2. The van der Waals surface area contributed by atoms with Gasteiger partial charge >= 0.3 is 0 Å². The number of methoxy groups -OCH3 is 2. The Morgan fingerprint density at radius 1 is 1.14 bits per heavy atom. The van der Waals surface area contributed by atoms with Crippen LogP contribution in [0.5, 0.6) is 11.5 Å². The minimum atomic E-state index is -0.110. The highest BCUT2D eigenvalue weighted by molar-refractivity contribution is 6.06. The van der Waals surface area contributed by atoms with Crippen molar-refractivity contribution in [3.05, 3.63) is 65.4 Å². The van der Waals surface area contributed by atoms with Gasteiger partial charge in [-0.05, 0) is 37.3 Å². The van der Waals surface area contributed by atoms with Crippen molar-refractivity contribution in [1.29, 1.82) is 0 Å². The summed E-state index contributed by atoms with van der Waals surface area (Å²) < 4.78 is 10.9. The van der Waals surface area contributed by atoms with Crippen LogP contribution >= 0.6 is 0 Å². The lowest BCUT2D eigenvalue weighted by molar-refractivity contribution is 0.0633. The van der Waals surface area contributed by atoms with Gasteiger partial charge in [-0.25, -0.2) is 0 Å². The molecule has 1 saturated heterocycles. The van der Waals surface area contributed by atoms with Crippen molar-refractivity contribution in [2.75, 3.05) is 33.9 Å². The fraction of sp³-hybridized carbons (Fsp3) is 0.304. The number of aromatic nitrogens is 1. The molecule has 2 aromatic carbocycles. The van der Waals surface area contributed by atoms with Gasteiger partial charge in [-0.2, -0.15) is 0 Å². The predicted molar refractivity (Wildman–Crippen MR) is 113 cm³/mol. The molecule has 4 rings (SSSR count). The molecule has 0 saturated carbocycles. The summed E-state index contributed by atoms with van der Waals surface area (Å²) in [6, 6.07) is 15.3. The van der Waals surface area contributed by atoms with E-state index in [4.69, 9.17) is 9.47 Å². The molecule has 1 unspecified atom stereocenters. The number of hydrogen-bond donors (Lipinski definition) is 1. The number of para-hydroxylation sites is 1. The summed E-state index contributed by atoms with van der Waals surface area (Å²) in [6.45, 7) is 3.96. The molecule has 1 aliphatic rings. The Labute approximate surface area is 170 Å². The maximum Gasteiger partial charge on any atom is 0.255 e. The normalized spacial score (nSPS) is 16.7. The van der Waals surface area contributed by atoms with E-state index in [0.29, 0.717) is 24.4 Å². The molecule has 0 bridgehead atoms. The minimum absolute atomic E-state index is 0.00819. The predicted octanol–water partition coefficient (Wildman–Crippen LogP) is 3.35. The SMILES string of the molecule is COc1ccc2nc(C)cc(C(=O)N3CCNCC3c3ccccc3OC)c2c1. The van der Waals surface area contributed by atoms with Crippen LogP contribution in [-0.4, -0.2) is 49.6 Å². The highest BCUT2D eigenvalue weighted by atomic mass is 16.5. The number of rotatable bonds is 4. The fourth-order valence-corrected chi connectivity index (χ4v) is 3.96. The van der Waals surface area contributed by atoms with E-state index in [1.807, 2.05) is 60.4 Å². The first-order valence-corrected chi connectivity index (χ1v) is 9.72. The zero-order valence-electron chi connectivity index (χ0n) is 16.9. The van der Waals surface area contributed by atoms with Gasteiger partial charge in [0.2, 0.25) is 0 Å². The number of nitrogens with zero attached hydrogens (tertiary/aromatic N) is 2. The standard InChI is InChI=1S/C23H25N3O3/c1-15-12-19(18-13-16(28-2)8-9-20(18)25-15)23(27)26-11-10-24-14-21(26)17-6-4-5-7-22(17)29-3/h4-9,12-13,21,24H,10-11,14H2,1-3H3. The summed E-state index contributed by atoms with van der Waals surface area (Å²) >= 11 is 0. The van der Waals surface area contributed by atoms with E-state index >= 15 is 0 Å². The highest BCUT2D eigenvalue weighted by Crippen LogP contribution is 2.32. The van der Waals surface area contributed by atoms with Crippen LogP contribution in [0.15, 0.2) is 48.5 Å². The molecular formula is C23H25N3O3. The van der Waals surface area contributed by atoms with Gasteiger partial charge < -0.3 is 19.7 Å². The number of carbonyl (C=O) groups excluding carboxylic acids is 1. The van der Waals surface area contributed by atoms with Crippen molar-refractivity contribution in [2.45, 2.75) is 13.0 Å². The number of pyridine rings is 1. The Hall–Kier alpha value is -3.12. The zero-order chi connectivity index (χ0) is 20.4. The Balaban J connectivity index is 1.80. The van der Waals surface area contributed by atoms with Crippen molar-refractivity contribution in [3.8, 4) is 11.5 Å². The van der Waals surface area contributed by atoms with E-state index in [-0.39, 0.29) is 11.9 Å². The maximum atomic E-state index is 13.7. The van der Waals surface area contributed by atoms with Gasteiger partial charge in [0.25, 0.3) is 5.91 Å². The van der Waals surface area contributed by atoms with Gasteiger partial charge in [0, 0.05) is 36.3 Å². The molecule has 6 nitrogen and oxygen atoms in total. The number of fused-ring (bicyclic) bond motifs is 1. The van der Waals surface area contributed by atoms with Crippen LogP contribution in [0.4, 0.5) is 0 Å². The van der Waals surface area contributed by atoms with Gasteiger partial charge in [0.1, 0.15) is 11.5 Å². The van der Waals surface area contributed by atoms with Crippen LogP contribution in [0.25, 0.3) is 10.9 Å². The van der Waals surface area contributed by atoms with Crippen molar-refractivity contribution in [2.24, 2.45) is 0 Å². The second-order valence-corrected chi connectivity index (χ2v) is 7.15. The van der Waals surface area contributed by atoms with Crippen molar-refractivity contribution in [1.82, 2.24) is 15.2 Å². The van der Waals surface area contributed by atoms with Gasteiger partial charge in [-0.3, -0.25) is 9.78 Å². The van der Waals surface area contributed by atoms with Crippen LogP contribution in [0.1, 0.15) is 27.7 Å². The average Bonchev–Trinajstić information content (AvgIpc) is 2.77. The number of nitrogens with one attached hydrogen (secondary N) is 1. The maximum absolute atomic E-state index is 13.7. The van der Waals surface area contributed by atoms with E-state index in [2.05, 4.69) is 10.3 Å². The molecule has 1 N–H and O–H groups in total. The first-order chi connectivity index (χ1) is 14.1. The summed E-state index contributed by atoms with van der Waals surface area (Å²) in [4.78, 5) is 20.3. The third-order valence-corrected chi connectivity index (χ3v) is 5.38. The summed E-state index contributed by atoms with van der Waals surface area (Å²) in [6.07, 6.45) is 0. The lowest BCUT2D eigenvalue weighted by Gasteiger charge is -2.37. The minimum Gasteiger partial charge on any atom is -0.497 e. The topological polar surface area (TPSA) is 63.7 Å². The third kappa shape index (κ3) is 3.63. The van der Waals surface area contributed by atoms with Crippen LogP contribution in [0.3, 0.4) is 0 Å². The second-order valence-electron chi connectivity index (χ2n) is 7.15. The van der Waals surface area contributed by atoms with Crippen molar-refractivity contribution < 1.29 is 14.3 Å². The van der Waals surface area contributed by atoms with E-state index < -0.39 is 0 Å². The molecule has 2 heterocycles. The van der Waals surface area contributed by atoms with E-state index in [0.717, 1.165) is 34.5 Å². The highest BCUT2D eigenvalue weighted by Gasteiger charge is 2.31.